The van der Waals surface area contributed by atoms with Crippen LogP contribution in [0.3, 0.4) is 0 Å². The molecule has 0 aromatic heterocycles. The van der Waals surface area contributed by atoms with Gasteiger partial charge in [0.15, 0.2) is 5.78 Å². The van der Waals surface area contributed by atoms with Crippen LogP contribution in [0.25, 0.3) is 0 Å². The monoisotopic (exact) mass is 246 g/mol. The zero-order valence-corrected chi connectivity index (χ0v) is 10.8. The lowest BCUT2D eigenvalue weighted by Gasteiger charge is -2.35. The molecule has 1 aromatic rings. The van der Waals surface area contributed by atoms with E-state index in [1.807, 2.05) is 29.2 Å². The van der Waals surface area contributed by atoms with E-state index in [0.29, 0.717) is 0 Å². The van der Waals surface area contributed by atoms with Gasteiger partial charge in [-0.25, -0.2) is 0 Å². The molecule has 1 fully saturated rings. The Kier molecular flexibility index (Phi) is 3.65. The van der Waals surface area contributed by atoms with Gasteiger partial charge in [-0.2, -0.15) is 0 Å². The SMILES string of the molecule is CC(=O)c1cccc(N2CCN(C(C)=O)CC2)c1. The molecule has 0 atom stereocenters. The van der Waals surface area contributed by atoms with Crippen molar-refractivity contribution in [1.82, 2.24) is 4.90 Å². The van der Waals surface area contributed by atoms with E-state index in [2.05, 4.69) is 4.90 Å². The van der Waals surface area contributed by atoms with E-state index < -0.39 is 0 Å². The van der Waals surface area contributed by atoms with Crippen LogP contribution in [0, 0.1) is 0 Å². The summed E-state index contributed by atoms with van der Waals surface area (Å²) in [7, 11) is 0. The first-order valence-corrected chi connectivity index (χ1v) is 6.19. The molecule has 18 heavy (non-hydrogen) atoms. The van der Waals surface area contributed by atoms with Gasteiger partial charge in [-0.15, -0.1) is 0 Å². The Bertz CT molecular complexity index is 463. The fourth-order valence-electron chi connectivity index (χ4n) is 2.20. The second kappa shape index (κ2) is 5.21. The van der Waals surface area contributed by atoms with Crippen molar-refractivity contribution < 1.29 is 9.59 Å². The number of amides is 1. The number of carbonyl (C=O) groups excluding carboxylic acids is 2. The number of hydrogen-bond acceptors (Lipinski definition) is 3. The molecule has 0 bridgehead atoms. The summed E-state index contributed by atoms with van der Waals surface area (Å²) in [5, 5.41) is 0. The Labute approximate surface area is 107 Å². The van der Waals surface area contributed by atoms with Crippen LogP contribution in [0.15, 0.2) is 24.3 Å². The summed E-state index contributed by atoms with van der Waals surface area (Å²) < 4.78 is 0. The second-order valence-electron chi connectivity index (χ2n) is 4.60. The van der Waals surface area contributed by atoms with Gasteiger partial charge in [0.25, 0.3) is 0 Å². The smallest absolute Gasteiger partial charge is 0.219 e. The lowest BCUT2D eigenvalue weighted by Crippen LogP contribution is -2.48. The Balaban J connectivity index is 2.07. The lowest BCUT2D eigenvalue weighted by atomic mass is 10.1. The van der Waals surface area contributed by atoms with Crippen molar-refractivity contribution in [2.24, 2.45) is 0 Å². The molecular formula is C14H18N2O2. The number of Topliss-reactive ketones (excluding diaryl/α,β-unsaturated/α-hetero) is 1. The molecule has 0 radical (unpaired) electrons. The van der Waals surface area contributed by atoms with Gasteiger partial charge in [0.1, 0.15) is 0 Å². The first kappa shape index (κ1) is 12.6. The van der Waals surface area contributed by atoms with Crippen LogP contribution < -0.4 is 4.90 Å². The fraction of sp³-hybridized carbons (Fsp3) is 0.429. The van der Waals surface area contributed by atoms with E-state index in [1.54, 1.807) is 13.8 Å². The van der Waals surface area contributed by atoms with Gasteiger partial charge >= 0.3 is 0 Å². The lowest BCUT2D eigenvalue weighted by molar-refractivity contribution is -0.129. The number of anilines is 1. The molecule has 0 saturated carbocycles. The normalized spacial score (nSPS) is 15.7. The third-order valence-corrected chi connectivity index (χ3v) is 3.34. The Hall–Kier alpha value is -1.84. The summed E-state index contributed by atoms with van der Waals surface area (Å²) in [4.78, 5) is 26.7. The molecule has 1 heterocycles. The molecule has 96 valence electrons. The van der Waals surface area contributed by atoms with Crippen LogP contribution in [0.4, 0.5) is 5.69 Å². The van der Waals surface area contributed by atoms with E-state index in [1.165, 1.54) is 0 Å². The average molecular weight is 246 g/mol. The number of benzene rings is 1. The maximum Gasteiger partial charge on any atom is 0.219 e. The maximum absolute atomic E-state index is 11.4. The standard InChI is InChI=1S/C14H18N2O2/c1-11(17)13-4-3-5-14(10-13)16-8-6-15(7-9-16)12(2)18/h3-5,10H,6-9H2,1-2H3. The summed E-state index contributed by atoms with van der Waals surface area (Å²) in [6.07, 6.45) is 0. The number of nitrogens with zero attached hydrogens (tertiary/aromatic N) is 2. The molecule has 2 rings (SSSR count). The molecule has 4 nitrogen and oxygen atoms in total. The number of carbonyl (C=O) groups is 2. The Morgan fingerprint density at radius 3 is 2.28 bits per heavy atom. The summed E-state index contributed by atoms with van der Waals surface area (Å²) in [5.41, 5.74) is 1.80. The van der Waals surface area contributed by atoms with E-state index in [9.17, 15) is 9.59 Å². The van der Waals surface area contributed by atoms with Crippen molar-refractivity contribution in [3.05, 3.63) is 29.8 Å². The van der Waals surface area contributed by atoms with Crippen LogP contribution in [0.1, 0.15) is 24.2 Å². The summed E-state index contributed by atoms with van der Waals surface area (Å²) in [5.74, 6) is 0.214. The fourth-order valence-corrected chi connectivity index (χ4v) is 2.20. The zero-order chi connectivity index (χ0) is 13.1. The van der Waals surface area contributed by atoms with Crippen molar-refractivity contribution in [3.8, 4) is 0 Å². The van der Waals surface area contributed by atoms with Crippen LogP contribution in [0.5, 0.6) is 0 Å². The second-order valence-corrected chi connectivity index (χ2v) is 4.60. The molecule has 1 saturated heterocycles. The van der Waals surface area contributed by atoms with Gasteiger partial charge in [0.2, 0.25) is 5.91 Å². The van der Waals surface area contributed by atoms with Gasteiger partial charge in [-0.1, -0.05) is 12.1 Å². The molecule has 0 spiro atoms. The van der Waals surface area contributed by atoms with Crippen LogP contribution in [-0.2, 0) is 4.79 Å². The van der Waals surface area contributed by atoms with Gasteiger partial charge in [0.05, 0.1) is 0 Å². The highest BCUT2D eigenvalue weighted by atomic mass is 16.2. The minimum Gasteiger partial charge on any atom is -0.368 e. The molecule has 4 heteroatoms. The van der Waals surface area contributed by atoms with Gasteiger partial charge < -0.3 is 9.80 Å². The van der Waals surface area contributed by atoms with Crippen LogP contribution in [0.2, 0.25) is 0 Å². The van der Waals surface area contributed by atoms with E-state index >= 15 is 0 Å². The highest BCUT2D eigenvalue weighted by Crippen LogP contribution is 2.18. The first-order valence-electron chi connectivity index (χ1n) is 6.19. The quantitative estimate of drug-likeness (QED) is 0.743. The summed E-state index contributed by atoms with van der Waals surface area (Å²) >= 11 is 0. The van der Waals surface area contributed by atoms with E-state index in [0.717, 1.165) is 37.4 Å². The number of hydrogen-bond donors (Lipinski definition) is 0. The Morgan fingerprint density at radius 2 is 1.72 bits per heavy atom. The molecular weight excluding hydrogens is 228 g/mol. The van der Waals surface area contributed by atoms with Crippen molar-refractivity contribution in [2.75, 3.05) is 31.1 Å². The molecule has 1 aliphatic heterocycles. The van der Waals surface area contributed by atoms with Gasteiger partial charge in [-0.3, -0.25) is 9.59 Å². The van der Waals surface area contributed by atoms with Crippen molar-refractivity contribution in [2.45, 2.75) is 13.8 Å². The van der Waals surface area contributed by atoms with E-state index in [4.69, 9.17) is 0 Å². The summed E-state index contributed by atoms with van der Waals surface area (Å²) in [6.45, 7) is 6.32. The Morgan fingerprint density at radius 1 is 1.06 bits per heavy atom. The van der Waals surface area contributed by atoms with Gasteiger partial charge in [-0.05, 0) is 19.1 Å². The largest absolute Gasteiger partial charge is 0.368 e. The molecule has 1 aromatic carbocycles. The predicted molar refractivity (Wildman–Crippen MR) is 70.9 cm³/mol. The van der Waals surface area contributed by atoms with Gasteiger partial charge in [0, 0.05) is 44.4 Å². The van der Waals surface area contributed by atoms with E-state index in [-0.39, 0.29) is 11.7 Å². The van der Waals surface area contributed by atoms with Crippen LogP contribution >= 0.6 is 0 Å². The highest BCUT2D eigenvalue weighted by Gasteiger charge is 2.18. The third-order valence-electron chi connectivity index (χ3n) is 3.34. The molecule has 0 unspecified atom stereocenters. The van der Waals surface area contributed by atoms with Crippen LogP contribution in [-0.4, -0.2) is 42.8 Å². The summed E-state index contributed by atoms with van der Waals surface area (Å²) in [6, 6.07) is 7.67. The topological polar surface area (TPSA) is 40.6 Å². The number of ketones is 1. The molecule has 1 amide bonds. The third kappa shape index (κ3) is 2.70. The minimum absolute atomic E-state index is 0.0826. The van der Waals surface area contributed by atoms with Crippen molar-refractivity contribution in [1.29, 1.82) is 0 Å². The first-order chi connectivity index (χ1) is 8.58. The minimum atomic E-state index is 0.0826. The maximum atomic E-state index is 11.4. The predicted octanol–water partition coefficient (Wildman–Crippen LogP) is 1.56. The number of rotatable bonds is 2. The van der Waals surface area contributed by atoms with Crippen molar-refractivity contribution in [3.63, 3.8) is 0 Å². The highest BCUT2D eigenvalue weighted by molar-refractivity contribution is 5.95. The molecule has 0 N–H and O–H groups in total. The number of piperazine rings is 1. The molecule has 0 aliphatic carbocycles. The molecule has 1 aliphatic rings. The zero-order valence-electron chi connectivity index (χ0n) is 10.8. The average Bonchev–Trinajstić information content (AvgIpc) is 2.39. The van der Waals surface area contributed by atoms with Crippen molar-refractivity contribution >= 4 is 17.4 Å².